The third kappa shape index (κ3) is 2.64. The van der Waals surface area contributed by atoms with Gasteiger partial charge in [0.25, 0.3) is 0 Å². The highest BCUT2D eigenvalue weighted by Crippen LogP contribution is 2.34. The lowest BCUT2D eigenvalue weighted by Crippen LogP contribution is -2.06. The van der Waals surface area contributed by atoms with Crippen molar-refractivity contribution in [2.75, 3.05) is 0 Å². The van der Waals surface area contributed by atoms with Gasteiger partial charge in [0.15, 0.2) is 0 Å². The molecule has 0 unspecified atom stereocenters. The number of hydrogen-bond donors (Lipinski definition) is 0. The van der Waals surface area contributed by atoms with E-state index in [0.717, 1.165) is 12.1 Å². The lowest BCUT2D eigenvalue weighted by Gasteiger charge is -2.10. The van der Waals surface area contributed by atoms with Crippen molar-refractivity contribution >= 4 is 27.5 Å². The van der Waals surface area contributed by atoms with Crippen LogP contribution in [0.25, 0.3) is 0 Å². The highest BCUT2D eigenvalue weighted by molar-refractivity contribution is 9.08. The van der Waals surface area contributed by atoms with Crippen molar-refractivity contribution in [1.29, 1.82) is 5.26 Å². The van der Waals surface area contributed by atoms with Crippen molar-refractivity contribution < 1.29 is 13.2 Å². The second kappa shape index (κ2) is 4.42. The highest BCUT2D eigenvalue weighted by Gasteiger charge is 2.31. The topological polar surface area (TPSA) is 23.8 Å². The number of halogens is 5. The molecule has 0 atom stereocenters. The molecule has 0 aliphatic rings. The molecular weight excluding hydrogens is 294 g/mol. The van der Waals surface area contributed by atoms with Crippen molar-refractivity contribution in [2.45, 2.75) is 11.5 Å². The van der Waals surface area contributed by atoms with Gasteiger partial charge in [0, 0.05) is 5.33 Å². The largest absolute Gasteiger partial charge is 0.416 e. The molecule has 1 nitrogen and oxygen atoms in total. The standard InChI is InChI=1S/C9H4BrClF3N/c10-3-5-1-6(9(12,13)14)2-8(11)7(5)4-15/h1-2H,3H2. The van der Waals surface area contributed by atoms with Crippen LogP contribution in [-0.2, 0) is 11.5 Å². The molecule has 0 spiro atoms. The molecule has 0 saturated carbocycles. The van der Waals surface area contributed by atoms with Crippen LogP contribution in [0, 0.1) is 11.3 Å². The SMILES string of the molecule is N#Cc1c(Cl)cc(C(F)(F)F)cc1CBr. The van der Waals surface area contributed by atoms with Gasteiger partial charge in [0.1, 0.15) is 6.07 Å². The van der Waals surface area contributed by atoms with Crippen molar-refractivity contribution in [3.05, 3.63) is 33.8 Å². The third-order valence-corrected chi connectivity index (χ3v) is 2.66. The molecule has 0 aromatic heterocycles. The first-order valence-electron chi connectivity index (χ1n) is 3.76. The summed E-state index contributed by atoms with van der Waals surface area (Å²) in [6, 6.07) is 3.44. The lowest BCUT2D eigenvalue weighted by molar-refractivity contribution is -0.137. The third-order valence-electron chi connectivity index (χ3n) is 1.75. The van der Waals surface area contributed by atoms with Crippen LogP contribution in [0.15, 0.2) is 12.1 Å². The molecule has 0 saturated heterocycles. The Hall–Kier alpha value is -0.730. The zero-order chi connectivity index (χ0) is 11.6. The van der Waals surface area contributed by atoms with Crippen molar-refractivity contribution in [3.8, 4) is 6.07 Å². The monoisotopic (exact) mass is 297 g/mol. The summed E-state index contributed by atoms with van der Waals surface area (Å²) in [4.78, 5) is 0. The fraction of sp³-hybridized carbons (Fsp3) is 0.222. The normalized spacial score (nSPS) is 11.2. The van der Waals surface area contributed by atoms with Crippen LogP contribution in [0.1, 0.15) is 16.7 Å². The van der Waals surface area contributed by atoms with Gasteiger partial charge in [-0.15, -0.1) is 0 Å². The van der Waals surface area contributed by atoms with Gasteiger partial charge in [-0.2, -0.15) is 18.4 Å². The van der Waals surface area contributed by atoms with Crippen LogP contribution >= 0.6 is 27.5 Å². The summed E-state index contributed by atoms with van der Waals surface area (Å²) in [5.41, 5.74) is -0.542. The molecule has 0 bridgehead atoms. The fourth-order valence-electron chi connectivity index (χ4n) is 1.06. The van der Waals surface area contributed by atoms with E-state index < -0.39 is 11.7 Å². The molecule has 1 rings (SSSR count). The van der Waals surface area contributed by atoms with Crippen LogP contribution in [0.4, 0.5) is 13.2 Å². The maximum atomic E-state index is 12.4. The minimum Gasteiger partial charge on any atom is -0.192 e. The second-order valence-corrected chi connectivity index (χ2v) is 3.70. The summed E-state index contributed by atoms with van der Waals surface area (Å²) < 4.78 is 37.1. The highest BCUT2D eigenvalue weighted by atomic mass is 79.9. The number of nitriles is 1. The van der Waals surface area contributed by atoms with Gasteiger partial charge in [0.2, 0.25) is 0 Å². The zero-order valence-electron chi connectivity index (χ0n) is 7.20. The molecule has 15 heavy (non-hydrogen) atoms. The predicted molar refractivity (Wildman–Crippen MR) is 53.8 cm³/mol. The van der Waals surface area contributed by atoms with Crippen LogP contribution in [0.2, 0.25) is 5.02 Å². The first-order chi connectivity index (χ1) is 6.90. The van der Waals surface area contributed by atoms with Crippen molar-refractivity contribution in [2.24, 2.45) is 0 Å². The molecule has 1 aromatic rings. The summed E-state index contributed by atoms with van der Waals surface area (Å²) in [6.07, 6.45) is -4.45. The number of benzene rings is 1. The van der Waals surface area contributed by atoms with E-state index >= 15 is 0 Å². The summed E-state index contributed by atoms with van der Waals surface area (Å²) in [5.74, 6) is 0. The number of rotatable bonds is 1. The van der Waals surface area contributed by atoms with E-state index in [-0.39, 0.29) is 21.5 Å². The van der Waals surface area contributed by atoms with E-state index in [1.54, 1.807) is 6.07 Å². The maximum absolute atomic E-state index is 12.4. The number of alkyl halides is 4. The van der Waals surface area contributed by atoms with Gasteiger partial charge in [-0.05, 0) is 17.7 Å². The van der Waals surface area contributed by atoms with Crippen LogP contribution in [-0.4, -0.2) is 0 Å². The molecular formula is C9H4BrClF3N. The summed E-state index contributed by atoms with van der Waals surface area (Å²) in [5, 5.41) is 8.66. The number of hydrogen-bond acceptors (Lipinski definition) is 1. The van der Waals surface area contributed by atoms with E-state index in [1.165, 1.54) is 0 Å². The summed E-state index contributed by atoms with van der Waals surface area (Å²) in [6.45, 7) is 0. The smallest absolute Gasteiger partial charge is 0.192 e. The number of nitrogens with zero attached hydrogens (tertiary/aromatic N) is 1. The molecule has 0 N–H and O–H groups in total. The Morgan fingerprint density at radius 1 is 1.40 bits per heavy atom. The minimum atomic E-state index is -4.45. The first kappa shape index (κ1) is 12.3. The van der Waals surface area contributed by atoms with Crippen LogP contribution < -0.4 is 0 Å². The predicted octanol–water partition coefficient (Wildman–Crippen LogP) is 4.13. The molecule has 80 valence electrons. The molecule has 0 heterocycles. The van der Waals surface area contributed by atoms with E-state index in [4.69, 9.17) is 16.9 Å². The van der Waals surface area contributed by atoms with Gasteiger partial charge in [0.05, 0.1) is 16.1 Å². The van der Waals surface area contributed by atoms with E-state index in [0.29, 0.717) is 0 Å². The average Bonchev–Trinajstić information content (AvgIpc) is 2.15. The van der Waals surface area contributed by atoms with Crippen molar-refractivity contribution in [3.63, 3.8) is 0 Å². The Morgan fingerprint density at radius 3 is 2.40 bits per heavy atom. The van der Waals surface area contributed by atoms with E-state index in [9.17, 15) is 13.2 Å². The maximum Gasteiger partial charge on any atom is 0.416 e. The minimum absolute atomic E-state index is 0.0709. The summed E-state index contributed by atoms with van der Waals surface area (Å²) >= 11 is 8.58. The Kier molecular flexibility index (Phi) is 3.63. The van der Waals surface area contributed by atoms with Gasteiger partial charge >= 0.3 is 6.18 Å². The van der Waals surface area contributed by atoms with Crippen molar-refractivity contribution in [1.82, 2.24) is 0 Å². The Balaban J connectivity index is 3.40. The van der Waals surface area contributed by atoms with Gasteiger partial charge in [-0.1, -0.05) is 27.5 Å². The van der Waals surface area contributed by atoms with Gasteiger partial charge in [-0.3, -0.25) is 0 Å². The Morgan fingerprint density at radius 2 is 2.00 bits per heavy atom. The van der Waals surface area contributed by atoms with Gasteiger partial charge < -0.3 is 0 Å². The second-order valence-electron chi connectivity index (χ2n) is 2.74. The average molecular weight is 298 g/mol. The van der Waals surface area contributed by atoms with Crippen LogP contribution in [0.3, 0.4) is 0 Å². The van der Waals surface area contributed by atoms with Gasteiger partial charge in [-0.25, -0.2) is 0 Å². The zero-order valence-corrected chi connectivity index (χ0v) is 9.54. The molecule has 0 amide bonds. The fourth-order valence-corrected chi connectivity index (χ4v) is 1.78. The first-order valence-corrected chi connectivity index (χ1v) is 5.25. The van der Waals surface area contributed by atoms with Crippen LogP contribution in [0.5, 0.6) is 0 Å². The van der Waals surface area contributed by atoms with E-state index in [2.05, 4.69) is 15.9 Å². The van der Waals surface area contributed by atoms with E-state index in [1.807, 2.05) is 0 Å². The lowest BCUT2D eigenvalue weighted by atomic mass is 10.1. The Labute approximate surface area is 97.6 Å². The molecule has 0 aliphatic heterocycles. The molecule has 6 heteroatoms. The quantitative estimate of drug-likeness (QED) is 0.715. The molecule has 0 aliphatic carbocycles. The molecule has 0 fully saturated rings. The molecule has 0 radical (unpaired) electrons. The molecule has 1 aromatic carbocycles. The Bertz CT molecular complexity index is 423. The summed E-state index contributed by atoms with van der Waals surface area (Å²) in [7, 11) is 0.